The fourth-order valence-corrected chi connectivity index (χ4v) is 1.46. The van der Waals surface area contributed by atoms with E-state index in [2.05, 4.69) is 5.32 Å². The molecule has 0 saturated carbocycles. The number of carboxylic acids is 1. The molecule has 0 spiro atoms. The highest BCUT2D eigenvalue weighted by molar-refractivity contribution is 6.03. The molecule has 94 valence electrons. The third kappa shape index (κ3) is 2.91. The number of hydrogen-bond donors (Lipinski definition) is 2. The highest BCUT2D eigenvalue weighted by atomic mass is 16.4. The Morgan fingerprint density at radius 1 is 1.53 bits per heavy atom. The van der Waals surface area contributed by atoms with Crippen molar-refractivity contribution in [2.45, 2.75) is 26.3 Å². The van der Waals surface area contributed by atoms with Crippen molar-refractivity contribution in [3.8, 4) is 0 Å². The molecule has 1 aliphatic rings. The minimum absolute atomic E-state index is 0.0855. The maximum absolute atomic E-state index is 11.6. The van der Waals surface area contributed by atoms with Crippen molar-refractivity contribution < 1.29 is 19.5 Å². The number of hydrogen-bond acceptors (Lipinski definition) is 4. The van der Waals surface area contributed by atoms with Crippen molar-refractivity contribution in [3.05, 3.63) is 11.6 Å². The van der Waals surface area contributed by atoms with Crippen LogP contribution in [0.5, 0.6) is 0 Å². The maximum atomic E-state index is 11.6. The number of amides is 2. The van der Waals surface area contributed by atoms with Gasteiger partial charge in [0.05, 0.1) is 12.1 Å². The first-order chi connectivity index (χ1) is 7.75. The van der Waals surface area contributed by atoms with Gasteiger partial charge in [-0.15, -0.1) is 0 Å². The van der Waals surface area contributed by atoms with Gasteiger partial charge in [0.2, 0.25) is 11.8 Å². The minimum atomic E-state index is -1.00. The Balaban J connectivity index is 2.81. The Kier molecular flexibility index (Phi) is 3.67. The number of carbonyl (C=O) groups excluding carboxylic acids is 2. The van der Waals surface area contributed by atoms with Crippen LogP contribution in [-0.4, -0.2) is 46.4 Å². The molecule has 1 saturated heterocycles. The highest BCUT2D eigenvalue weighted by Gasteiger charge is 2.40. The van der Waals surface area contributed by atoms with Gasteiger partial charge >= 0.3 is 5.97 Å². The summed E-state index contributed by atoms with van der Waals surface area (Å²) in [5, 5.41) is 11.0. The van der Waals surface area contributed by atoms with E-state index in [4.69, 9.17) is 5.11 Å². The highest BCUT2D eigenvalue weighted by Crippen LogP contribution is 2.17. The summed E-state index contributed by atoms with van der Waals surface area (Å²) in [5.74, 6) is -1.73. The predicted molar refractivity (Wildman–Crippen MR) is 60.2 cm³/mol. The van der Waals surface area contributed by atoms with Crippen LogP contribution < -0.4 is 5.32 Å². The zero-order valence-electron chi connectivity index (χ0n) is 10.1. The fourth-order valence-electron chi connectivity index (χ4n) is 1.46. The van der Waals surface area contributed by atoms with Crippen LogP contribution in [0.2, 0.25) is 0 Å². The Labute approximate surface area is 99.3 Å². The second kappa shape index (κ2) is 4.67. The topological polar surface area (TPSA) is 86.7 Å². The molecule has 0 radical (unpaired) electrons. The van der Waals surface area contributed by atoms with E-state index in [1.54, 1.807) is 18.7 Å². The summed E-state index contributed by atoms with van der Waals surface area (Å²) in [6, 6.07) is 0. The molecule has 1 rings (SSSR count). The zero-order chi connectivity index (χ0) is 13.2. The second-order valence-corrected chi connectivity index (χ2v) is 4.51. The second-order valence-electron chi connectivity index (χ2n) is 4.51. The summed E-state index contributed by atoms with van der Waals surface area (Å²) in [5.41, 5.74) is -0.623. The number of aliphatic carboxylic acids is 1. The predicted octanol–water partition coefficient (Wildman–Crippen LogP) is -0.246. The first kappa shape index (κ1) is 13.4. The fraction of sp³-hybridized carbons (Fsp3) is 0.545. The largest absolute Gasteiger partial charge is 0.478 e. The van der Waals surface area contributed by atoms with E-state index >= 15 is 0 Å². The number of carboxylic acid groups (broad SMARTS) is 1. The van der Waals surface area contributed by atoms with Gasteiger partial charge in [0.1, 0.15) is 0 Å². The van der Waals surface area contributed by atoms with Gasteiger partial charge in [0.15, 0.2) is 0 Å². The molecule has 2 N–H and O–H groups in total. The van der Waals surface area contributed by atoms with Crippen LogP contribution in [0.4, 0.5) is 0 Å². The molecule has 6 heteroatoms. The van der Waals surface area contributed by atoms with Gasteiger partial charge in [-0.05, 0) is 20.8 Å². The minimum Gasteiger partial charge on any atom is -0.478 e. The van der Waals surface area contributed by atoms with Crippen LogP contribution in [-0.2, 0) is 14.4 Å². The Morgan fingerprint density at radius 2 is 2.12 bits per heavy atom. The molecule has 1 aliphatic heterocycles. The number of rotatable bonds is 3. The van der Waals surface area contributed by atoms with Gasteiger partial charge in [-0.1, -0.05) is 6.08 Å². The van der Waals surface area contributed by atoms with Crippen molar-refractivity contribution in [2.75, 3.05) is 13.1 Å². The van der Waals surface area contributed by atoms with E-state index in [1.165, 1.54) is 13.0 Å². The molecule has 0 bridgehead atoms. The SMILES string of the molecule is CC(=CCN1CC(=O)NC(=O)C1(C)C)C(=O)O. The molecular weight excluding hydrogens is 224 g/mol. The summed E-state index contributed by atoms with van der Waals surface area (Å²) >= 11 is 0. The van der Waals surface area contributed by atoms with Gasteiger partial charge in [0, 0.05) is 12.1 Å². The molecule has 17 heavy (non-hydrogen) atoms. The molecule has 1 heterocycles. The molecule has 0 aliphatic carbocycles. The number of carbonyl (C=O) groups is 3. The quantitative estimate of drug-likeness (QED) is 0.525. The average molecular weight is 240 g/mol. The summed E-state index contributed by atoms with van der Waals surface area (Å²) in [4.78, 5) is 35.1. The summed E-state index contributed by atoms with van der Waals surface area (Å²) in [6.07, 6.45) is 1.50. The average Bonchev–Trinajstić information content (AvgIpc) is 2.21. The van der Waals surface area contributed by atoms with Crippen molar-refractivity contribution in [1.82, 2.24) is 10.2 Å². The normalized spacial score (nSPS) is 21.2. The van der Waals surface area contributed by atoms with Crippen LogP contribution in [0.1, 0.15) is 20.8 Å². The lowest BCUT2D eigenvalue weighted by Crippen LogP contribution is -2.63. The van der Waals surface area contributed by atoms with E-state index in [0.29, 0.717) is 0 Å². The van der Waals surface area contributed by atoms with Crippen LogP contribution >= 0.6 is 0 Å². The van der Waals surface area contributed by atoms with E-state index in [-0.39, 0.29) is 30.5 Å². The molecule has 6 nitrogen and oxygen atoms in total. The monoisotopic (exact) mass is 240 g/mol. The van der Waals surface area contributed by atoms with Gasteiger partial charge in [0.25, 0.3) is 0 Å². The van der Waals surface area contributed by atoms with Gasteiger partial charge in [-0.3, -0.25) is 19.8 Å². The number of piperazine rings is 1. The van der Waals surface area contributed by atoms with Crippen molar-refractivity contribution in [3.63, 3.8) is 0 Å². The van der Waals surface area contributed by atoms with Gasteiger partial charge in [-0.25, -0.2) is 4.79 Å². The molecule has 2 amide bonds. The molecule has 0 aromatic carbocycles. The first-order valence-electron chi connectivity index (χ1n) is 5.24. The van der Waals surface area contributed by atoms with Crippen molar-refractivity contribution in [2.24, 2.45) is 0 Å². The van der Waals surface area contributed by atoms with Crippen molar-refractivity contribution in [1.29, 1.82) is 0 Å². The number of imide groups is 1. The first-order valence-corrected chi connectivity index (χ1v) is 5.24. The van der Waals surface area contributed by atoms with Gasteiger partial charge < -0.3 is 5.11 Å². The Morgan fingerprint density at radius 3 is 2.65 bits per heavy atom. The summed E-state index contributed by atoms with van der Waals surface area (Å²) in [6.45, 7) is 5.20. The maximum Gasteiger partial charge on any atom is 0.330 e. The van der Waals surface area contributed by atoms with E-state index in [1.807, 2.05) is 0 Å². The van der Waals surface area contributed by atoms with Crippen molar-refractivity contribution >= 4 is 17.8 Å². The molecule has 0 unspecified atom stereocenters. The van der Waals surface area contributed by atoms with Crippen LogP contribution in [0.3, 0.4) is 0 Å². The summed E-state index contributed by atoms with van der Waals surface area (Å²) < 4.78 is 0. The molecule has 1 fully saturated rings. The van der Waals surface area contributed by atoms with E-state index in [0.717, 1.165) is 0 Å². The molecule has 0 atom stereocenters. The Hall–Kier alpha value is -1.69. The third-order valence-electron chi connectivity index (χ3n) is 2.89. The van der Waals surface area contributed by atoms with Crippen LogP contribution in [0, 0.1) is 0 Å². The summed E-state index contributed by atoms with van der Waals surface area (Å²) in [7, 11) is 0. The van der Waals surface area contributed by atoms with Crippen LogP contribution in [0.15, 0.2) is 11.6 Å². The standard InChI is InChI=1S/C11H16N2O4/c1-7(9(15)16)4-5-13-6-8(14)12-10(17)11(13,2)3/h4H,5-6H2,1-3H3,(H,15,16)(H,12,14,17). The Bertz CT molecular complexity index is 398. The van der Waals surface area contributed by atoms with Gasteiger partial charge in [-0.2, -0.15) is 0 Å². The molecular formula is C11H16N2O4. The number of nitrogens with zero attached hydrogens (tertiary/aromatic N) is 1. The van der Waals surface area contributed by atoms with Crippen LogP contribution in [0.25, 0.3) is 0 Å². The third-order valence-corrected chi connectivity index (χ3v) is 2.89. The van der Waals surface area contributed by atoms with E-state index in [9.17, 15) is 14.4 Å². The molecule has 0 aromatic rings. The molecule has 0 aromatic heterocycles. The lowest BCUT2D eigenvalue weighted by molar-refractivity contribution is -0.144. The lowest BCUT2D eigenvalue weighted by atomic mass is 9.98. The smallest absolute Gasteiger partial charge is 0.330 e. The lowest BCUT2D eigenvalue weighted by Gasteiger charge is -2.39. The van der Waals surface area contributed by atoms with E-state index < -0.39 is 11.5 Å². The number of nitrogens with one attached hydrogen (secondary N) is 1. The zero-order valence-corrected chi connectivity index (χ0v) is 10.1.